The monoisotopic (exact) mass is 248 g/mol. The van der Waals surface area contributed by atoms with Gasteiger partial charge in [-0.1, -0.05) is 6.92 Å². The topological polar surface area (TPSA) is 31.4 Å². The Hall–Kier alpha value is -1.13. The van der Waals surface area contributed by atoms with E-state index in [1.807, 2.05) is 12.4 Å². The molecule has 4 heteroatoms. The van der Waals surface area contributed by atoms with Gasteiger partial charge in [-0.2, -0.15) is 0 Å². The van der Waals surface area contributed by atoms with Crippen molar-refractivity contribution in [3.63, 3.8) is 0 Å². The fourth-order valence-electron chi connectivity index (χ4n) is 2.49. The van der Waals surface area contributed by atoms with Crippen molar-refractivity contribution in [1.82, 2.24) is 15.2 Å². The molecule has 0 saturated carbocycles. The number of hydrogen-bond acceptors (Lipinski definition) is 4. The Morgan fingerprint density at radius 2 is 2.33 bits per heavy atom. The van der Waals surface area contributed by atoms with Gasteiger partial charge in [-0.25, -0.2) is 0 Å². The van der Waals surface area contributed by atoms with E-state index in [-0.39, 0.29) is 0 Å². The molecule has 0 aliphatic carbocycles. The third kappa shape index (κ3) is 3.00. The van der Waals surface area contributed by atoms with E-state index < -0.39 is 0 Å². The lowest BCUT2D eigenvalue weighted by Gasteiger charge is -2.23. The summed E-state index contributed by atoms with van der Waals surface area (Å²) in [6, 6.07) is 2.79. The van der Waals surface area contributed by atoms with Crippen LogP contribution in [0.3, 0.4) is 0 Å². The molecule has 0 amide bonds. The molecule has 0 aromatic carbocycles. The summed E-state index contributed by atoms with van der Waals surface area (Å²) in [7, 11) is 4.33. The highest BCUT2D eigenvalue weighted by molar-refractivity contribution is 5.52. The number of rotatable bonds is 5. The summed E-state index contributed by atoms with van der Waals surface area (Å²) in [5.41, 5.74) is 2.65. The third-order valence-electron chi connectivity index (χ3n) is 3.69. The first-order valence-electron chi connectivity index (χ1n) is 6.77. The molecule has 1 aromatic rings. The molecule has 2 rings (SSSR count). The number of nitrogens with zero attached hydrogens (tertiary/aromatic N) is 3. The van der Waals surface area contributed by atoms with Gasteiger partial charge in [0, 0.05) is 31.9 Å². The summed E-state index contributed by atoms with van der Waals surface area (Å²) in [6.07, 6.45) is 5.13. The Bertz CT molecular complexity index is 378. The first-order valence-corrected chi connectivity index (χ1v) is 6.77. The Labute approximate surface area is 110 Å². The van der Waals surface area contributed by atoms with E-state index >= 15 is 0 Å². The second-order valence-electron chi connectivity index (χ2n) is 5.14. The van der Waals surface area contributed by atoms with Crippen LogP contribution in [0.15, 0.2) is 18.5 Å². The van der Waals surface area contributed by atoms with E-state index in [2.05, 4.69) is 47.2 Å². The second-order valence-corrected chi connectivity index (χ2v) is 5.14. The molecule has 100 valence electrons. The van der Waals surface area contributed by atoms with Crippen molar-refractivity contribution in [1.29, 1.82) is 0 Å². The van der Waals surface area contributed by atoms with Gasteiger partial charge in [0.05, 0.1) is 11.9 Å². The van der Waals surface area contributed by atoms with Gasteiger partial charge < -0.3 is 15.1 Å². The summed E-state index contributed by atoms with van der Waals surface area (Å²) < 4.78 is 0. The van der Waals surface area contributed by atoms with E-state index in [1.165, 1.54) is 17.7 Å². The predicted molar refractivity (Wildman–Crippen MR) is 75.9 cm³/mol. The zero-order valence-electron chi connectivity index (χ0n) is 11.7. The third-order valence-corrected chi connectivity index (χ3v) is 3.69. The molecule has 0 bridgehead atoms. The van der Waals surface area contributed by atoms with E-state index in [0.717, 1.165) is 26.2 Å². The number of anilines is 1. The fourth-order valence-corrected chi connectivity index (χ4v) is 2.49. The van der Waals surface area contributed by atoms with Gasteiger partial charge in [0.15, 0.2) is 0 Å². The molecular weight excluding hydrogens is 224 g/mol. The smallest absolute Gasteiger partial charge is 0.0598 e. The van der Waals surface area contributed by atoms with Crippen molar-refractivity contribution < 1.29 is 0 Å². The summed E-state index contributed by atoms with van der Waals surface area (Å²) in [6.45, 7) is 6.31. The Morgan fingerprint density at radius 3 is 3.00 bits per heavy atom. The Balaban J connectivity index is 2.08. The molecule has 0 radical (unpaired) electrons. The Kier molecular flexibility index (Phi) is 4.55. The molecule has 1 saturated heterocycles. The summed E-state index contributed by atoms with van der Waals surface area (Å²) in [4.78, 5) is 9.07. The number of likely N-dealkylation sites (N-methyl/N-ethyl adjacent to an activating group) is 1. The highest BCUT2D eigenvalue weighted by Crippen LogP contribution is 2.24. The van der Waals surface area contributed by atoms with Gasteiger partial charge in [0.25, 0.3) is 0 Å². The van der Waals surface area contributed by atoms with Gasteiger partial charge in [0.2, 0.25) is 0 Å². The Morgan fingerprint density at radius 1 is 1.50 bits per heavy atom. The van der Waals surface area contributed by atoms with Crippen molar-refractivity contribution in [2.75, 3.05) is 38.6 Å². The van der Waals surface area contributed by atoms with Crippen LogP contribution in [-0.4, -0.2) is 49.7 Å². The maximum absolute atomic E-state index is 4.28. The molecule has 4 nitrogen and oxygen atoms in total. The minimum atomic E-state index is 0.664. The quantitative estimate of drug-likeness (QED) is 0.852. The number of hydrogen-bond donors (Lipinski definition) is 1. The zero-order valence-corrected chi connectivity index (χ0v) is 11.7. The average Bonchev–Trinajstić information content (AvgIpc) is 2.86. The molecule has 1 atom stereocenters. The minimum absolute atomic E-state index is 0.664. The summed E-state index contributed by atoms with van der Waals surface area (Å²) in [5.74, 6) is 0. The molecule has 1 aromatic heterocycles. The highest BCUT2D eigenvalue weighted by atomic mass is 15.2. The lowest BCUT2D eigenvalue weighted by molar-refractivity contribution is 0.315. The van der Waals surface area contributed by atoms with Crippen LogP contribution >= 0.6 is 0 Å². The lowest BCUT2D eigenvalue weighted by Crippen LogP contribution is -2.32. The van der Waals surface area contributed by atoms with Gasteiger partial charge >= 0.3 is 0 Å². The molecule has 1 fully saturated rings. The lowest BCUT2D eigenvalue weighted by atomic mass is 10.2. The molecule has 18 heavy (non-hydrogen) atoms. The standard InChI is InChI=1S/C14H24N4/c1-4-15-9-12-5-7-16-10-14(12)18-8-6-13(11-18)17(2)3/h5,7,10,13,15H,4,6,8-9,11H2,1-3H3. The number of pyridine rings is 1. The summed E-state index contributed by atoms with van der Waals surface area (Å²) in [5, 5.41) is 3.40. The van der Waals surface area contributed by atoms with E-state index in [0.29, 0.717) is 6.04 Å². The normalized spacial score (nSPS) is 19.8. The molecular formula is C14H24N4. The maximum Gasteiger partial charge on any atom is 0.0598 e. The molecule has 2 heterocycles. The first-order chi connectivity index (χ1) is 8.72. The number of aromatic nitrogens is 1. The van der Waals surface area contributed by atoms with Crippen LogP contribution in [-0.2, 0) is 6.54 Å². The predicted octanol–water partition coefficient (Wildman–Crippen LogP) is 1.33. The molecule has 1 unspecified atom stereocenters. The fraction of sp³-hybridized carbons (Fsp3) is 0.643. The molecule has 1 aliphatic heterocycles. The van der Waals surface area contributed by atoms with E-state index in [9.17, 15) is 0 Å². The van der Waals surface area contributed by atoms with Crippen molar-refractivity contribution >= 4 is 5.69 Å². The minimum Gasteiger partial charge on any atom is -0.368 e. The molecule has 1 N–H and O–H groups in total. The van der Waals surface area contributed by atoms with Crippen LogP contribution < -0.4 is 10.2 Å². The van der Waals surface area contributed by atoms with Crippen LogP contribution in [0, 0.1) is 0 Å². The van der Waals surface area contributed by atoms with Crippen LogP contribution in [0.4, 0.5) is 5.69 Å². The highest BCUT2D eigenvalue weighted by Gasteiger charge is 2.25. The van der Waals surface area contributed by atoms with Gasteiger partial charge in [-0.3, -0.25) is 4.98 Å². The first kappa shape index (κ1) is 13.3. The van der Waals surface area contributed by atoms with Gasteiger partial charge in [-0.05, 0) is 38.7 Å². The number of nitrogens with one attached hydrogen (secondary N) is 1. The van der Waals surface area contributed by atoms with Gasteiger partial charge in [-0.15, -0.1) is 0 Å². The van der Waals surface area contributed by atoms with Crippen LogP contribution in [0.25, 0.3) is 0 Å². The molecule has 0 spiro atoms. The molecule has 1 aliphatic rings. The van der Waals surface area contributed by atoms with E-state index in [4.69, 9.17) is 0 Å². The van der Waals surface area contributed by atoms with Gasteiger partial charge in [0.1, 0.15) is 0 Å². The SMILES string of the molecule is CCNCc1ccncc1N1CCC(N(C)C)C1. The van der Waals surface area contributed by atoms with Crippen molar-refractivity contribution in [2.24, 2.45) is 0 Å². The zero-order chi connectivity index (χ0) is 13.0. The van der Waals surface area contributed by atoms with Crippen molar-refractivity contribution in [2.45, 2.75) is 25.9 Å². The average molecular weight is 248 g/mol. The van der Waals surface area contributed by atoms with Crippen molar-refractivity contribution in [3.8, 4) is 0 Å². The van der Waals surface area contributed by atoms with Crippen LogP contribution in [0.5, 0.6) is 0 Å². The maximum atomic E-state index is 4.28. The van der Waals surface area contributed by atoms with Crippen LogP contribution in [0.1, 0.15) is 18.9 Å². The van der Waals surface area contributed by atoms with Crippen molar-refractivity contribution in [3.05, 3.63) is 24.0 Å². The summed E-state index contributed by atoms with van der Waals surface area (Å²) >= 11 is 0. The largest absolute Gasteiger partial charge is 0.368 e. The van der Waals surface area contributed by atoms with E-state index in [1.54, 1.807) is 0 Å². The second kappa shape index (κ2) is 6.16. The van der Waals surface area contributed by atoms with Crippen LogP contribution in [0.2, 0.25) is 0 Å².